The average molecular weight is 261 g/mol. The fraction of sp³-hybridized carbons (Fsp3) is 0.167. The lowest BCUT2D eigenvalue weighted by Crippen LogP contribution is -2.16. The lowest BCUT2D eigenvalue weighted by molar-refractivity contribution is 0.627. The summed E-state index contributed by atoms with van der Waals surface area (Å²) in [6, 6.07) is 6.04. The van der Waals surface area contributed by atoms with E-state index in [4.69, 9.17) is 0 Å². The third kappa shape index (κ3) is 3.21. The van der Waals surface area contributed by atoms with Crippen LogP contribution in [0.5, 0.6) is 0 Å². The number of hydrogen-bond donors (Lipinski definition) is 2. The number of rotatable bonds is 3. The smallest absolute Gasteiger partial charge is 0.274 e. The van der Waals surface area contributed by atoms with Crippen molar-refractivity contribution in [3.05, 3.63) is 51.7 Å². The Hall–Kier alpha value is -2.57. The van der Waals surface area contributed by atoms with Gasteiger partial charge in [0.15, 0.2) is 0 Å². The number of aromatic nitrogens is 3. The summed E-state index contributed by atoms with van der Waals surface area (Å²) in [5.74, 6) is -0.207. The zero-order valence-electron chi connectivity index (χ0n) is 10.4. The van der Waals surface area contributed by atoms with Crippen LogP contribution in [0.1, 0.15) is 18.2 Å². The van der Waals surface area contributed by atoms with Crippen LogP contribution in [0.3, 0.4) is 0 Å². The molecule has 0 atom stereocenters. The molecule has 0 fully saturated rings. The first-order valence-corrected chi connectivity index (χ1v) is 5.56. The Morgan fingerprint density at radius 3 is 2.89 bits per heavy atom. The Labute approximate surface area is 108 Å². The van der Waals surface area contributed by atoms with Gasteiger partial charge in [-0.1, -0.05) is 12.1 Å². The lowest BCUT2D eigenvalue weighted by atomic mass is 10.1. The molecule has 0 spiro atoms. The molecule has 6 nitrogen and oxygen atoms in total. The number of hydrazone groups is 1. The molecule has 0 radical (unpaired) electrons. The van der Waals surface area contributed by atoms with Crippen LogP contribution in [0.25, 0.3) is 0 Å². The van der Waals surface area contributed by atoms with Gasteiger partial charge >= 0.3 is 0 Å². The molecule has 1 aromatic carbocycles. The van der Waals surface area contributed by atoms with Crippen LogP contribution in [0, 0.1) is 12.7 Å². The molecular formula is C12H12FN5O. The maximum atomic E-state index is 13.0. The van der Waals surface area contributed by atoms with Gasteiger partial charge in [-0.2, -0.15) is 5.10 Å². The highest BCUT2D eigenvalue weighted by atomic mass is 19.1. The van der Waals surface area contributed by atoms with Crippen LogP contribution in [-0.2, 0) is 0 Å². The summed E-state index contributed by atoms with van der Waals surface area (Å²) in [6.07, 6.45) is 0. The number of nitrogens with one attached hydrogen (secondary N) is 2. The summed E-state index contributed by atoms with van der Waals surface area (Å²) in [5, 5.41) is 11.4. The van der Waals surface area contributed by atoms with Gasteiger partial charge in [-0.15, -0.1) is 10.2 Å². The SMILES string of the molecule is C/C(=N\Nc1nnc(C)c(=O)[nH]1)c1cccc(F)c1. The second kappa shape index (κ2) is 5.38. The van der Waals surface area contributed by atoms with E-state index >= 15 is 0 Å². The fourth-order valence-electron chi connectivity index (χ4n) is 1.36. The minimum Gasteiger partial charge on any atom is -0.288 e. The molecule has 1 aromatic heterocycles. The van der Waals surface area contributed by atoms with E-state index in [0.717, 1.165) is 0 Å². The number of H-pyrrole nitrogens is 1. The first-order chi connectivity index (χ1) is 9.06. The summed E-state index contributed by atoms with van der Waals surface area (Å²) in [6.45, 7) is 3.26. The number of hydrogen-bond acceptors (Lipinski definition) is 5. The van der Waals surface area contributed by atoms with Gasteiger partial charge in [-0.25, -0.2) is 9.82 Å². The Morgan fingerprint density at radius 1 is 1.42 bits per heavy atom. The predicted octanol–water partition coefficient (Wildman–Crippen LogP) is 1.45. The second-order valence-electron chi connectivity index (χ2n) is 3.91. The number of anilines is 1. The summed E-state index contributed by atoms with van der Waals surface area (Å²) < 4.78 is 13.0. The van der Waals surface area contributed by atoms with E-state index < -0.39 is 0 Å². The molecule has 7 heteroatoms. The molecule has 0 aliphatic rings. The van der Waals surface area contributed by atoms with E-state index in [1.807, 2.05) is 0 Å². The quantitative estimate of drug-likeness (QED) is 0.647. The largest absolute Gasteiger partial charge is 0.288 e. The highest BCUT2D eigenvalue weighted by Gasteiger charge is 2.01. The molecule has 0 saturated heterocycles. The van der Waals surface area contributed by atoms with Gasteiger partial charge in [0.2, 0.25) is 5.95 Å². The number of nitrogens with zero attached hydrogens (tertiary/aromatic N) is 3. The van der Waals surface area contributed by atoms with Gasteiger partial charge in [0, 0.05) is 5.56 Å². The van der Waals surface area contributed by atoms with E-state index in [1.165, 1.54) is 12.1 Å². The first-order valence-electron chi connectivity index (χ1n) is 5.56. The van der Waals surface area contributed by atoms with Crippen molar-refractivity contribution in [1.29, 1.82) is 0 Å². The predicted molar refractivity (Wildman–Crippen MR) is 69.6 cm³/mol. The highest BCUT2D eigenvalue weighted by Crippen LogP contribution is 2.05. The van der Waals surface area contributed by atoms with Crippen LogP contribution in [-0.4, -0.2) is 20.9 Å². The van der Waals surface area contributed by atoms with Crippen molar-refractivity contribution in [1.82, 2.24) is 15.2 Å². The van der Waals surface area contributed by atoms with Crippen molar-refractivity contribution < 1.29 is 4.39 Å². The number of aryl methyl sites for hydroxylation is 1. The molecule has 2 aromatic rings. The van der Waals surface area contributed by atoms with Gasteiger partial charge in [0.1, 0.15) is 11.5 Å². The van der Waals surface area contributed by atoms with E-state index in [0.29, 0.717) is 11.3 Å². The minimum atomic E-state index is -0.337. The van der Waals surface area contributed by atoms with Gasteiger partial charge in [0.05, 0.1) is 5.71 Å². The molecule has 19 heavy (non-hydrogen) atoms. The van der Waals surface area contributed by atoms with Crippen molar-refractivity contribution in [3.63, 3.8) is 0 Å². The molecule has 1 heterocycles. The molecule has 2 N–H and O–H groups in total. The Kier molecular flexibility index (Phi) is 3.65. The average Bonchev–Trinajstić information content (AvgIpc) is 2.40. The number of benzene rings is 1. The lowest BCUT2D eigenvalue weighted by Gasteiger charge is -2.02. The molecule has 2 rings (SSSR count). The van der Waals surface area contributed by atoms with Crippen LogP contribution in [0.2, 0.25) is 0 Å². The normalized spacial score (nSPS) is 11.4. The van der Waals surface area contributed by atoms with Crippen molar-refractivity contribution >= 4 is 11.7 Å². The summed E-state index contributed by atoms with van der Waals surface area (Å²) >= 11 is 0. The van der Waals surface area contributed by atoms with Crippen LogP contribution in [0.4, 0.5) is 10.3 Å². The zero-order valence-corrected chi connectivity index (χ0v) is 10.4. The summed E-state index contributed by atoms with van der Waals surface area (Å²) in [7, 11) is 0. The molecule has 0 unspecified atom stereocenters. The van der Waals surface area contributed by atoms with Gasteiger partial charge < -0.3 is 0 Å². The van der Waals surface area contributed by atoms with Crippen LogP contribution < -0.4 is 11.0 Å². The molecule has 98 valence electrons. The molecule has 0 bridgehead atoms. The monoisotopic (exact) mass is 261 g/mol. The third-order valence-corrected chi connectivity index (χ3v) is 2.43. The van der Waals surface area contributed by atoms with Crippen molar-refractivity contribution in [2.24, 2.45) is 5.10 Å². The number of halogens is 1. The standard InChI is InChI=1S/C12H12FN5O/c1-7(9-4-3-5-10(13)6-9)15-17-12-14-11(19)8(2)16-18-12/h3-6H,1-2H3,(H2,14,17,18,19)/b15-7+. The topological polar surface area (TPSA) is 83.0 Å². The van der Waals surface area contributed by atoms with Crippen LogP contribution >= 0.6 is 0 Å². The first kappa shape index (κ1) is 12.9. The fourth-order valence-corrected chi connectivity index (χ4v) is 1.36. The van der Waals surface area contributed by atoms with Gasteiger partial charge in [0.25, 0.3) is 5.56 Å². The van der Waals surface area contributed by atoms with Gasteiger partial charge in [-0.3, -0.25) is 9.78 Å². The highest BCUT2D eigenvalue weighted by molar-refractivity contribution is 5.98. The Bertz CT molecular complexity index is 680. The van der Waals surface area contributed by atoms with E-state index in [-0.39, 0.29) is 23.0 Å². The van der Waals surface area contributed by atoms with Crippen molar-refractivity contribution in [2.75, 3.05) is 5.43 Å². The summed E-state index contributed by atoms with van der Waals surface area (Å²) in [4.78, 5) is 13.8. The molecule has 0 amide bonds. The van der Waals surface area contributed by atoms with E-state index in [1.54, 1.807) is 26.0 Å². The second-order valence-corrected chi connectivity index (χ2v) is 3.91. The third-order valence-electron chi connectivity index (χ3n) is 2.43. The maximum absolute atomic E-state index is 13.0. The van der Waals surface area contributed by atoms with Crippen molar-refractivity contribution in [2.45, 2.75) is 13.8 Å². The van der Waals surface area contributed by atoms with E-state index in [9.17, 15) is 9.18 Å². The zero-order chi connectivity index (χ0) is 13.8. The minimum absolute atomic E-state index is 0.131. The van der Waals surface area contributed by atoms with Crippen LogP contribution in [0.15, 0.2) is 34.2 Å². The Morgan fingerprint density at radius 2 is 2.21 bits per heavy atom. The number of aromatic amines is 1. The molecule has 0 aliphatic carbocycles. The Balaban J connectivity index is 2.18. The molecule has 0 saturated carbocycles. The summed E-state index contributed by atoms with van der Waals surface area (Å²) in [5.41, 5.74) is 3.70. The molecular weight excluding hydrogens is 249 g/mol. The van der Waals surface area contributed by atoms with Crippen molar-refractivity contribution in [3.8, 4) is 0 Å². The van der Waals surface area contributed by atoms with E-state index in [2.05, 4.69) is 25.7 Å². The van der Waals surface area contributed by atoms with Gasteiger partial charge in [-0.05, 0) is 26.0 Å². The maximum Gasteiger partial charge on any atom is 0.274 e. The molecule has 0 aliphatic heterocycles.